The molecule has 140 valence electrons. The number of ether oxygens (including phenoxy) is 2. The number of methoxy groups -OCH3 is 1. The lowest BCUT2D eigenvalue weighted by molar-refractivity contribution is -0.128. The van der Waals surface area contributed by atoms with E-state index in [9.17, 15) is 4.79 Å². The van der Waals surface area contributed by atoms with Crippen LogP contribution in [-0.4, -0.2) is 19.1 Å². The Morgan fingerprint density at radius 1 is 1.15 bits per heavy atom. The third-order valence-electron chi connectivity index (χ3n) is 4.28. The SMILES string of the molecule is CC[C@H](Oc1cccc(Cl)c1)C(=O)N[C@H](CC)c1ccc(OC)c(C)c1. The number of amides is 1. The van der Waals surface area contributed by atoms with Crippen molar-refractivity contribution >= 4 is 17.5 Å². The fraction of sp³-hybridized carbons (Fsp3) is 0.381. The van der Waals surface area contributed by atoms with Gasteiger partial charge in [0.1, 0.15) is 11.5 Å². The van der Waals surface area contributed by atoms with Crippen molar-refractivity contribution in [3.8, 4) is 11.5 Å². The van der Waals surface area contributed by atoms with Crippen molar-refractivity contribution in [2.45, 2.75) is 45.8 Å². The van der Waals surface area contributed by atoms with Gasteiger partial charge in [0, 0.05) is 5.02 Å². The summed E-state index contributed by atoms with van der Waals surface area (Å²) < 4.78 is 11.1. The quantitative estimate of drug-likeness (QED) is 0.699. The molecule has 2 rings (SSSR count). The summed E-state index contributed by atoms with van der Waals surface area (Å²) in [4.78, 5) is 12.7. The van der Waals surface area contributed by atoms with E-state index in [1.165, 1.54) is 0 Å². The molecule has 0 heterocycles. The van der Waals surface area contributed by atoms with Crippen molar-refractivity contribution in [2.75, 3.05) is 7.11 Å². The standard InChI is InChI=1S/C21H26ClNO3/c1-5-18(15-10-11-20(25-4)14(3)12-15)23-21(24)19(6-2)26-17-9-7-8-16(22)13-17/h7-13,18-19H,5-6H2,1-4H3,(H,23,24)/t18-,19+/m1/s1. The molecule has 5 heteroatoms. The molecule has 0 fully saturated rings. The Hall–Kier alpha value is -2.20. The maximum absolute atomic E-state index is 12.7. The van der Waals surface area contributed by atoms with Gasteiger partial charge in [-0.3, -0.25) is 4.79 Å². The zero-order chi connectivity index (χ0) is 19.1. The Kier molecular flexibility index (Phi) is 7.34. The highest BCUT2D eigenvalue weighted by atomic mass is 35.5. The maximum Gasteiger partial charge on any atom is 0.261 e. The minimum atomic E-state index is -0.568. The third-order valence-corrected chi connectivity index (χ3v) is 4.52. The lowest BCUT2D eigenvalue weighted by Crippen LogP contribution is -2.40. The molecule has 4 nitrogen and oxygen atoms in total. The second-order valence-electron chi connectivity index (χ2n) is 6.17. The van der Waals surface area contributed by atoms with Crippen LogP contribution in [0.25, 0.3) is 0 Å². The molecule has 0 aliphatic rings. The summed E-state index contributed by atoms with van der Waals surface area (Å²) >= 11 is 5.99. The van der Waals surface area contributed by atoms with E-state index in [2.05, 4.69) is 5.32 Å². The van der Waals surface area contributed by atoms with E-state index >= 15 is 0 Å². The highest BCUT2D eigenvalue weighted by Crippen LogP contribution is 2.25. The fourth-order valence-corrected chi connectivity index (χ4v) is 3.01. The van der Waals surface area contributed by atoms with Crippen LogP contribution in [0.2, 0.25) is 5.02 Å². The molecule has 0 aliphatic carbocycles. The fourth-order valence-electron chi connectivity index (χ4n) is 2.83. The van der Waals surface area contributed by atoms with E-state index in [1.807, 2.05) is 39.0 Å². The van der Waals surface area contributed by atoms with E-state index in [0.717, 1.165) is 23.3 Å². The van der Waals surface area contributed by atoms with Gasteiger partial charge in [-0.1, -0.05) is 43.6 Å². The van der Waals surface area contributed by atoms with Crippen molar-refractivity contribution < 1.29 is 14.3 Å². The van der Waals surface area contributed by atoms with E-state index in [4.69, 9.17) is 21.1 Å². The third kappa shape index (κ3) is 5.15. The predicted octanol–water partition coefficient (Wildman–Crippen LogP) is 5.08. The van der Waals surface area contributed by atoms with Crippen molar-refractivity contribution in [3.63, 3.8) is 0 Å². The van der Waals surface area contributed by atoms with Crippen molar-refractivity contribution in [1.29, 1.82) is 0 Å². The number of carbonyl (C=O) groups excluding carboxylic acids is 1. The van der Waals surface area contributed by atoms with Gasteiger partial charge in [0.25, 0.3) is 5.91 Å². The van der Waals surface area contributed by atoms with Crippen LogP contribution >= 0.6 is 11.6 Å². The molecule has 26 heavy (non-hydrogen) atoms. The number of aryl methyl sites for hydroxylation is 1. The van der Waals surface area contributed by atoms with Gasteiger partial charge in [0.2, 0.25) is 0 Å². The van der Waals surface area contributed by atoms with Gasteiger partial charge in [-0.2, -0.15) is 0 Å². The zero-order valence-electron chi connectivity index (χ0n) is 15.7. The van der Waals surface area contributed by atoms with E-state index in [1.54, 1.807) is 31.4 Å². The Morgan fingerprint density at radius 2 is 1.92 bits per heavy atom. The van der Waals surface area contributed by atoms with Gasteiger partial charge >= 0.3 is 0 Å². The van der Waals surface area contributed by atoms with Gasteiger partial charge in [-0.05, 0) is 55.2 Å². The van der Waals surface area contributed by atoms with Gasteiger partial charge < -0.3 is 14.8 Å². The van der Waals surface area contributed by atoms with Crippen LogP contribution in [0.5, 0.6) is 11.5 Å². The van der Waals surface area contributed by atoms with E-state index < -0.39 is 6.10 Å². The van der Waals surface area contributed by atoms with Crippen LogP contribution in [0.3, 0.4) is 0 Å². The number of hydrogen-bond donors (Lipinski definition) is 1. The highest BCUT2D eigenvalue weighted by molar-refractivity contribution is 6.30. The predicted molar refractivity (Wildman–Crippen MR) is 105 cm³/mol. The van der Waals surface area contributed by atoms with Crippen molar-refractivity contribution in [2.24, 2.45) is 0 Å². The minimum Gasteiger partial charge on any atom is -0.496 e. The molecule has 0 spiro atoms. The molecule has 0 aliphatic heterocycles. The number of halogens is 1. The topological polar surface area (TPSA) is 47.6 Å². The van der Waals surface area contributed by atoms with Crippen molar-refractivity contribution in [1.82, 2.24) is 5.32 Å². The number of nitrogens with one attached hydrogen (secondary N) is 1. The molecule has 0 aromatic heterocycles. The van der Waals surface area contributed by atoms with Gasteiger partial charge in [-0.15, -0.1) is 0 Å². The number of rotatable bonds is 8. The summed E-state index contributed by atoms with van der Waals surface area (Å²) in [6, 6.07) is 13.0. The first-order valence-corrected chi connectivity index (χ1v) is 9.23. The van der Waals surface area contributed by atoms with Gasteiger partial charge in [-0.25, -0.2) is 0 Å². The molecule has 2 aromatic rings. The van der Waals surface area contributed by atoms with Crippen molar-refractivity contribution in [3.05, 3.63) is 58.6 Å². The summed E-state index contributed by atoms with van der Waals surface area (Å²) in [6.07, 6.45) is 0.781. The largest absolute Gasteiger partial charge is 0.496 e. The van der Waals surface area contributed by atoms with Crippen LogP contribution in [0, 0.1) is 6.92 Å². The van der Waals surface area contributed by atoms with Gasteiger partial charge in [0.05, 0.1) is 13.2 Å². The highest BCUT2D eigenvalue weighted by Gasteiger charge is 2.22. The first-order chi connectivity index (χ1) is 12.5. The molecule has 2 aromatic carbocycles. The number of hydrogen-bond acceptors (Lipinski definition) is 3. The monoisotopic (exact) mass is 375 g/mol. The summed E-state index contributed by atoms with van der Waals surface area (Å²) in [6.45, 7) is 5.96. The van der Waals surface area contributed by atoms with Crippen LogP contribution in [0.1, 0.15) is 43.9 Å². The number of carbonyl (C=O) groups is 1. The summed E-state index contributed by atoms with van der Waals surface area (Å²) in [5.74, 6) is 1.30. The molecular weight excluding hydrogens is 350 g/mol. The average Bonchev–Trinajstić information content (AvgIpc) is 2.64. The summed E-state index contributed by atoms with van der Waals surface area (Å²) in [5.41, 5.74) is 2.09. The second-order valence-corrected chi connectivity index (χ2v) is 6.61. The van der Waals surface area contributed by atoms with Crippen LogP contribution < -0.4 is 14.8 Å². The summed E-state index contributed by atoms with van der Waals surface area (Å²) in [7, 11) is 1.65. The van der Waals surface area contributed by atoms with E-state index in [-0.39, 0.29) is 11.9 Å². The van der Waals surface area contributed by atoms with Crippen LogP contribution in [0.4, 0.5) is 0 Å². The molecule has 0 saturated carbocycles. The zero-order valence-corrected chi connectivity index (χ0v) is 16.5. The normalized spacial score (nSPS) is 13.0. The second kappa shape index (κ2) is 9.48. The Morgan fingerprint density at radius 3 is 2.50 bits per heavy atom. The minimum absolute atomic E-state index is 0.0795. The first-order valence-electron chi connectivity index (χ1n) is 8.85. The summed E-state index contributed by atoms with van der Waals surface area (Å²) in [5, 5.41) is 3.68. The lowest BCUT2D eigenvalue weighted by Gasteiger charge is -2.23. The molecule has 0 unspecified atom stereocenters. The van der Waals surface area contributed by atoms with Crippen LogP contribution in [0.15, 0.2) is 42.5 Å². The molecule has 0 saturated heterocycles. The molecule has 2 atom stereocenters. The van der Waals surface area contributed by atoms with Crippen LogP contribution in [-0.2, 0) is 4.79 Å². The molecule has 0 bridgehead atoms. The molecular formula is C21H26ClNO3. The molecule has 0 radical (unpaired) electrons. The number of benzene rings is 2. The van der Waals surface area contributed by atoms with Gasteiger partial charge in [0.15, 0.2) is 6.10 Å². The Bertz CT molecular complexity index is 748. The lowest BCUT2D eigenvalue weighted by atomic mass is 10.0. The van der Waals surface area contributed by atoms with E-state index in [0.29, 0.717) is 17.2 Å². The molecule has 1 amide bonds. The Balaban J connectivity index is 2.10. The smallest absolute Gasteiger partial charge is 0.261 e. The first kappa shape index (κ1) is 20.1. The Labute approximate surface area is 160 Å². The average molecular weight is 376 g/mol. The molecule has 1 N–H and O–H groups in total. The maximum atomic E-state index is 12.7.